The van der Waals surface area contributed by atoms with E-state index in [0.717, 1.165) is 23.6 Å². The van der Waals surface area contributed by atoms with E-state index in [2.05, 4.69) is 46.3 Å². The van der Waals surface area contributed by atoms with Crippen LogP contribution in [-0.2, 0) is 11.3 Å². The van der Waals surface area contributed by atoms with Gasteiger partial charge in [-0.1, -0.05) is 29.8 Å². The summed E-state index contributed by atoms with van der Waals surface area (Å²) < 4.78 is 1.98. The van der Waals surface area contributed by atoms with Gasteiger partial charge in [0.1, 0.15) is 12.5 Å². The number of aryl methyl sites for hydroxylation is 1. The van der Waals surface area contributed by atoms with Gasteiger partial charge in [-0.2, -0.15) is 5.26 Å². The van der Waals surface area contributed by atoms with Crippen molar-refractivity contribution in [2.45, 2.75) is 32.5 Å². The van der Waals surface area contributed by atoms with Crippen LogP contribution in [0.15, 0.2) is 48.8 Å². The summed E-state index contributed by atoms with van der Waals surface area (Å²) >= 11 is 0. The molecule has 1 aromatic heterocycles. The average molecular weight is 384 g/mol. The molecule has 5 rings (SSSR count). The van der Waals surface area contributed by atoms with E-state index >= 15 is 0 Å². The highest BCUT2D eigenvalue weighted by Gasteiger charge is 2.37. The number of aromatic nitrogens is 3. The van der Waals surface area contributed by atoms with E-state index in [0.29, 0.717) is 25.1 Å². The molecule has 7 nitrogen and oxygen atoms in total. The zero-order valence-corrected chi connectivity index (χ0v) is 16.1. The molecule has 1 saturated heterocycles. The Balaban J connectivity index is 1.64. The van der Waals surface area contributed by atoms with Crippen LogP contribution in [0.2, 0.25) is 0 Å². The van der Waals surface area contributed by atoms with Crippen molar-refractivity contribution in [3.63, 3.8) is 0 Å². The summed E-state index contributed by atoms with van der Waals surface area (Å²) in [4.78, 5) is 16.8. The highest BCUT2D eigenvalue weighted by molar-refractivity contribution is 5.79. The van der Waals surface area contributed by atoms with Crippen LogP contribution < -0.4 is 4.90 Å². The second-order valence-electron chi connectivity index (χ2n) is 7.56. The van der Waals surface area contributed by atoms with Crippen molar-refractivity contribution in [2.75, 3.05) is 11.4 Å². The van der Waals surface area contributed by atoms with Crippen molar-refractivity contribution in [1.29, 1.82) is 5.26 Å². The summed E-state index contributed by atoms with van der Waals surface area (Å²) in [5.41, 5.74) is 4.99. The van der Waals surface area contributed by atoms with E-state index in [-0.39, 0.29) is 12.1 Å². The summed E-state index contributed by atoms with van der Waals surface area (Å²) in [5.74, 6) is 0.857. The molecule has 3 aromatic rings. The van der Waals surface area contributed by atoms with Crippen LogP contribution >= 0.6 is 0 Å². The van der Waals surface area contributed by atoms with Gasteiger partial charge < -0.3 is 9.80 Å². The molecule has 0 radical (unpaired) electrons. The highest BCUT2D eigenvalue weighted by atomic mass is 16.2. The number of hydrogen-bond donors (Lipinski definition) is 0. The number of benzene rings is 2. The van der Waals surface area contributed by atoms with E-state index in [4.69, 9.17) is 5.26 Å². The number of nitriles is 1. The van der Waals surface area contributed by atoms with Crippen LogP contribution in [0.5, 0.6) is 0 Å². The number of fused-ring (bicyclic) bond motifs is 3. The Morgan fingerprint density at radius 3 is 2.69 bits per heavy atom. The SMILES string of the molecule is Cc1ccc2c(c1)CN(C(c1ccc(C#N)cc1)N1CCCC1=O)c1nncn1-2. The molecule has 2 aliphatic heterocycles. The van der Waals surface area contributed by atoms with E-state index in [1.165, 1.54) is 11.1 Å². The Labute approximate surface area is 168 Å². The fourth-order valence-corrected chi connectivity index (χ4v) is 4.31. The van der Waals surface area contributed by atoms with Crippen LogP contribution in [0.1, 0.15) is 41.3 Å². The molecule has 1 unspecified atom stereocenters. The first-order chi connectivity index (χ1) is 14.2. The fraction of sp³-hybridized carbons (Fsp3) is 0.273. The summed E-state index contributed by atoms with van der Waals surface area (Å²) in [5, 5.41) is 17.7. The molecule has 1 fully saturated rings. The number of likely N-dealkylation sites (tertiary alicyclic amines) is 1. The Bertz CT molecular complexity index is 1130. The number of carbonyl (C=O) groups is 1. The van der Waals surface area contributed by atoms with Gasteiger partial charge in [-0.05, 0) is 42.7 Å². The van der Waals surface area contributed by atoms with E-state index in [9.17, 15) is 4.79 Å². The van der Waals surface area contributed by atoms with Gasteiger partial charge in [0.2, 0.25) is 11.9 Å². The zero-order valence-electron chi connectivity index (χ0n) is 16.1. The number of nitrogens with zero attached hydrogens (tertiary/aromatic N) is 6. The molecule has 2 aromatic carbocycles. The molecule has 0 N–H and O–H groups in total. The third-order valence-electron chi connectivity index (χ3n) is 5.66. The topological polar surface area (TPSA) is 78.1 Å². The van der Waals surface area contributed by atoms with E-state index in [1.807, 2.05) is 21.6 Å². The van der Waals surface area contributed by atoms with Crippen LogP contribution in [0.25, 0.3) is 5.69 Å². The van der Waals surface area contributed by atoms with Gasteiger partial charge in [0.05, 0.1) is 23.9 Å². The Morgan fingerprint density at radius 2 is 1.97 bits per heavy atom. The van der Waals surface area contributed by atoms with Crippen molar-refractivity contribution in [1.82, 2.24) is 19.7 Å². The van der Waals surface area contributed by atoms with Gasteiger partial charge >= 0.3 is 0 Å². The van der Waals surface area contributed by atoms with Gasteiger partial charge in [-0.25, -0.2) is 0 Å². The van der Waals surface area contributed by atoms with Gasteiger partial charge in [0.15, 0.2) is 0 Å². The largest absolute Gasteiger partial charge is 0.318 e. The zero-order chi connectivity index (χ0) is 20.0. The molecular formula is C22H20N6O. The lowest BCUT2D eigenvalue weighted by atomic mass is 10.0. The van der Waals surface area contributed by atoms with Crippen LogP contribution in [0.3, 0.4) is 0 Å². The fourth-order valence-electron chi connectivity index (χ4n) is 4.31. The lowest BCUT2D eigenvalue weighted by Crippen LogP contribution is -2.44. The maximum atomic E-state index is 12.7. The first-order valence-electron chi connectivity index (χ1n) is 9.72. The lowest BCUT2D eigenvalue weighted by molar-refractivity contribution is -0.129. The quantitative estimate of drug-likeness (QED) is 0.693. The molecule has 1 atom stereocenters. The molecular weight excluding hydrogens is 364 g/mol. The number of carbonyl (C=O) groups excluding carboxylic acids is 1. The van der Waals surface area contributed by atoms with Crippen LogP contribution in [0.4, 0.5) is 5.95 Å². The number of anilines is 1. The van der Waals surface area contributed by atoms with E-state index in [1.54, 1.807) is 18.5 Å². The smallest absolute Gasteiger partial charge is 0.233 e. The molecule has 0 saturated carbocycles. The Kier molecular flexibility index (Phi) is 4.06. The van der Waals surface area contributed by atoms with Crippen LogP contribution in [0, 0.1) is 18.3 Å². The first-order valence-corrected chi connectivity index (χ1v) is 9.72. The van der Waals surface area contributed by atoms with Gasteiger partial charge in [-0.15, -0.1) is 10.2 Å². The average Bonchev–Trinajstić information content (AvgIpc) is 3.38. The molecule has 2 aliphatic rings. The monoisotopic (exact) mass is 384 g/mol. The maximum absolute atomic E-state index is 12.7. The third-order valence-corrected chi connectivity index (χ3v) is 5.66. The number of rotatable bonds is 3. The standard InChI is InChI=1S/C22H20N6O/c1-15-4-9-19-18(11-15)13-27(22-25-24-14-28(19)22)21(26-10-2-3-20(26)29)17-7-5-16(12-23)6-8-17/h4-9,11,14,21H,2-3,10,13H2,1H3. The summed E-state index contributed by atoms with van der Waals surface area (Å²) in [6.45, 7) is 3.41. The number of hydrogen-bond acceptors (Lipinski definition) is 5. The molecule has 1 amide bonds. The third kappa shape index (κ3) is 2.85. The van der Waals surface area contributed by atoms with Crippen molar-refractivity contribution >= 4 is 11.9 Å². The van der Waals surface area contributed by atoms with Crippen molar-refractivity contribution < 1.29 is 4.79 Å². The molecule has 29 heavy (non-hydrogen) atoms. The molecule has 144 valence electrons. The predicted octanol–water partition coefficient (Wildman–Crippen LogP) is 3.09. The Morgan fingerprint density at radius 1 is 1.14 bits per heavy atom. The minimum absolute atomic E-state index is 0.139. The molecule has 0 bridgehead atoms. The van der Waals surface area contributed by atoms with Crippen molar-refractivity contribution in [3.8, 4) is 11.8 Å². The maximum Gasteiger partial charge on any atom is 0.233 e. The normalized spacial score (nSPS) is 16.3. The minimum Gasteiger partial charge on any atom is -0.318 e. The number of amides is 1. The molecule has 7 heteroatoms. The second kappa shape index (κ2) is 6.74. The second-order valence-corrected chi connectivity index (χ2v) is 7.56. The molecule has 3 heterocycles. The highest BCUT2D eigenvalue weighted by Crippen LogP contribution is 2.38. The molecule has 0 aliphatic carbocycles. The Hall–Kier alpha value is -3.66. The summed E-state index contributed by atoms with van der Waals surface area (Å²) in [7, 11) is 0. The van der Waals surface area contributed by atoms with Crippen LogP contribution in [-0.4, -0.2) is 32.1 Å². The van der Waals surface area contributed by atoms with Crippen molar-refractivity contribution in [2.24, 2.45) is 0 Å². The van der Waals surface area contributed by atoms with E-state index < -0.39 is 0 Å². The van der Waals surface area contributed by atoms with Gasteiger partial charge in [0.25, 0.3) is 0 Å². The summed E-state index contributed by atoms with van der Waals surface area (Å²) in [6.07, 6.45) is 2.83. The summed E-state index contributed by atoms with van der Waals surface area (Å²) in [6, 6.07) is 16.0. The van der Waals surface area contributed by atoms with Crippen molar-refractivity contribution in [3.05, 3.63) is 71.0 Å². The predicted molar refractivity (Wildman–Crippen MR) is 107 cm³/mol. The van der Waals surface area contributed by atoms with Gasteiger partial charge in [0, 0.05) is 13.0 Å². The minimum atomic E-state index is -0.297. The molecule has 0 spiro atoms. The van der Waals surface area contributed by atoms with Gasteiger partial charge in [-0.3, -0.25) is 9.36 Å². The first kappa shape index (κ1) is 17.4. The lowest BCUT2D eigenvalue weighted by Gasteiger charge is -2.41.